The van der Waals surface area contributed by atoms with Gasteiger partial charge in [-0.1, -0.05) is 0 Å². The molecule has 2 unspecified atom stereocenters. The number of ether oxygens (including phenoxy) is 1. The Bertz CT molecular complexity index is 318. The van der Waals surface area contributed by atoms with Gasteiger partial charge in [0, 0.05) is 38.3 Å². The van der Waals surface area contributed by atoms with Crippen LogP contribution in [-0.2, 0) is 9.53 Å². The summed E-state index contributed by atoms with van der Waals surface area (Å²) in [6.45, 7) is 3.83. The molecule has 1 amide bonds. The van der Waals surface area contributed by atoms with E-state index in [0.717, 1.165) is 45.6 Å². The van der Waals surface area contributed by atoms with E-state index in [-0.39, 0.29) is 0 Å². The zero-order chi connectivity index (χ0) is 13.8. The zero-order valence-corrected chi connectivity index (χ0v) is 12.5. The Kier molecular flexibility index (Phi) is 4.94. The van der Waals surface area contributed by atoms with Gasteiger partial charge in [0.15, 0.2) is 0 Å². The second-order valence-corrected chi connectivity index (χ2v) is 6.69. The van der Waals surface area contributed by atoms with E-state index in [4.69, 9.17) is 4.74 Å². The van der Waals surface area contributed by atoms with E-state index < -0.39 is 0 Å². The molecular weight excluding hydrogens is 252 g/mol. The second kappa shape index (κ2) is 6.90. The van der Waals surface area contributed by atoms with Crippen molar-refractivity contribution in [1.29, 1.82) is 0 Å². The lowest BCUT2D eigenvalue weighted by Crippen LogP contribution is -2.42. The number of amides is 1. The fourth-order valence-corrected chi connectivity index (χ4v) is 3.50. The summed E-state index contributed by atoms with van der Waals surface area (Å²) in [6.07, 6.45) is 9.05. The minimum absolute atomic E-state index is 0.381. The molecule has 3 rings (SSSR count). The zero-order valence-electron chi connectivity index (χ0n) is 12.5. The third kappa shape index (κ3) is 3.95. The number of nitrogens with zero attached hydrogens (tertiary/aromatic N) is 1. The maximum absolute atomic E-state index is 12.5. The summed E-state index contributed by atoms with van der Waals surface area (Å²) in [5, 5.41) is 3.52. The first kappa shape index (κ1) is 14.3. The number of carbonyl (C=O) groups excluding carboxylic acids is 1. The van der Waals surface area contributed by atoms with Crippen LogP contribution in [0.3, 0.4) is 0 Å². The van der Waals surface area contributed by atoms with Crippen LogP contribution in [0.4, 0.5) is 0 Å². The first-order valence-electron chi connectivity index (χ1n) is 8.43. The maximum Gasteiger partial charge on any atom is 0.222 e. The Morgan fingerprint density at radius 3 is 2.75 bits per heavy atom. The largest absolute Gasteiger partial charge is 0.381 e. The van der Waals surface area contributed by atoms with Gasteiger partial charge in [0.05, 0.1) is 0 Å². The summed E-state index contributed by atoms with van der Waals surface area (Å²) in [5.41, 5.74) is 0. The van der Waals surface area contributed by atoms with E-state index in [1.165, 1.54) is 32.1 Å². The Morgan fingerprint density at radius 1 is 1.20 bits per heavy atom. The average Bonchev–Trinajstić information content (AvgIpc) is 3.20. The van der Waals surface area contributed by atoms with Gasteiger partial charge in [-0.05, 0) is 57.4 Å². The standard InChI is InChI=1S/C16H28N2O2/c19-16(8-5-13-3-2-10-20-12-13)18(15-6-7-15)11-14-4-1-9-17-14/h13-15,17H,1-12H2. The molecule has 0 bridgehead atoms. The Morgan fingerprint density at radius 2 is 2.10 bits per heavy atom. The number of carbonyl (C=O) groups is 1. The van der Waals surface area contributed by atoms with Crippen LogP contribution in [0, 0.1) is 5.92 Å². The highest BCUT2D eigenvalue weighted by atomic mass is 16.5. The van der Waals surface area contributed by atoms with Crippen molar-refractivity contribution in [2.24, 2.45) is 5.92 Å². The summed E-state index contributed by atoms with van der Waals surface area (Å²) in [7, 11) is 0. The van der Waals surface area contributed by atoms with Crippen molar-refractivity contribution >= 4 is 5.91 Å². The summed E-state index contributed by atoms with van der Waals surface area (Å²) < 4.78 is 5.51. The highest BCUT2D eigenvalue weighted by molar-refractivity contribution is 5.77. The first-order valence-corrected chi connectivity index (χ1v) is 8.43. The Labute approximate surface area is 122 Å². The maximum atomic E-state index is 12.5. The van der Waals surface area contributed by atoms with Crippen LogP contribution in [0.1, 0.15) is 51.4 Å². The molecule has 3 fully saturated rings. The van der Waals surface area contributed by atoms with Crippen LogP contribution < -0.4 is 5.32 Å². The van der Waals surface area contributed by atoms with Crippen molar-refractivity contribution < 1.29 is 9.53 Å². The van der Waals surface area contributed by atoms with Gasteiger partial charge in [0.2, 0.25) is 5.91 Å². The summed E-state index contributed by atoms with van der Waals surface area (Å²) in [4.78, 5) is 14.7. The van der Waals surface area contributed by atoms with Gasteiger partial charge >= 0.3 is 0 Å². The number of rotatable bonds is 6. The van der Waals surface area contributed by atoms with Gasteiger partial charge in [-0.15, -0.1) is 0 Å². The minimum atomic E-state index is 0.381. The number of hydrogen-bond acceptors (Lipinski definition) is 3. The molecule has 3 aliphatic rings. The van der Waals surface area contributed by atoms with E-state index in [1.54, 1.807) is 0 Å². The van der Waals surface area contributed by atoms with Gasteiger partial charge in [-0.2, -0.15) is 0 Å². The fraction of sp³-hybridized carbons (Fsp3) is 0.938. The smallest absolute Gasteiger partial charge is 0.222 e. The van der Waals surface area contributed by atoms with Crippen LogP contribution >= 0.6 is 0 Å². The molecule has 1 aliphatic carbocycles. The fourth-order valence-electron chi connectivity index (χ4n) is 3.50. The van der Waals surface area contributed by atoms with E-state index in [2.05, 4.69) is 10.2 Å². The van der Waals surface area contributed by atoms with Gasteiger partial charge in [0.25, 0.3) is 0 Å². The lowest BCUT2D eigenvalue weighted by atomic mass is 9.96. The van der Waals surface area contributed by atoms with Crippen LogP contribution in [0.2, 0.25) is 0 Å². The van der Waals surface area contributed by atoms with Gasteiger partial charge in [-0.3, -0.25) is 4.79 Å². The molecule has 114 valence electrons. The third-order valence-electron chi connectivity index (χ3n) is 4.91. The van der Waals surface area contributed by atoms with Crippen molar-refractivity contribution in [1.82, 2.24) is 10.2 Å². The molecule has 4 heteroatoms. The molecule has 2 atom stereocenters. The van der Waals surface area contributed by atoms with Crippen LogP contribution in [0.5, 0.6) is 0 Å². The molecule has 4 nitrogen and oxygen atoms in total. The lowest BCUT2D eigenvalue weighted by molar-refractivity contribution is -0.132. The van der Waals surface area contributed by atoms with Crippen molar-refractivity contribution in [3.8, 4) is 0 Å². The van der Waals surface area contributed by atoms with Crippen LogP contribution in [0.15, 0.2) is 0 Å². The summed E-state index contributed by atoms with van der Waals surface area (Å²) in [5.74, 6) is 0.991. The van der Waals surface area contributed by atoms with E-state index in [1.807, 2.05) is 0 Å². The van der Waals surface area contributed by atoms with Crippen molar-refractivity contribution in [2.45, 2.75) is 63.5 Å². The topological polar surface area (TPSA) is 41.6 Å². The molecule has 2 saturated heterocycles. The molecule has 1 saturated carbocycles. The number of nitrogens with one attached hydrogen (secondary N) is 1. The van der Waals surface area contributed by atoms with Gasteiger partial charge in [-0.25, -0.2) is 0 Å². The quantitative estimate of drug-likeness (QED) is 0.808. The average molecular weight is 280 g/mol. The summed E-state index contributed by atoms with van der Waals surface area (Å²) >= 11 is 0. The molecule has 2 heterocycles. The highest BCUT2D eigenvalue weighted by Crippen LogP contribution is 2.29. The molecule has 20 heavy (non-hydrogen) atoms. The summed E-state index contributed by atoms with van der Waals surface area (Å²) in [6, 6.07) is 1.09. The monoisotopic (exact) mass is 280 g/mol. The highest BCUT2D eigenvalue weighted by Gasteiger charge is 2.34. The first-order chi connectivity index (χ1) is 9.83. The molecule has 0 aromatic rings. The minimum Gasteiger partial charge on any atom is -0.381 e. The predicted octanol–water partition coefficient (Wildman–Crippen LogP) is 1.94. The predicted molar refractivity (Wildman–Crippen MR) is 78.5 cm³/mol. The second-order valence-electron chi connectivity index (χ2n) is 6.69. The molecule has 1 N–H and O–H groups in total. The van der Waals surface area contributed by atoms with Crippen LogP contribution in [0.25, 0.3) is 0 Å². The van der Waals surface area contributed by atoms with Crippen molar-refractivity contribution in [2.75, 3.05) is 26.3 Å². The van der Waals surface area contributed by atoms with Crippen molar-refractivity contribution in [3.63, 3.8) is 0 Å². The van der Waals surface area contributed by atoms with Crippen molar-refractivity contribution in [3.05, 3.63) is 0 Å². The molecule has 0 spiro atoms. The molecule has 2 aliphatic heterocycles. The lowest BCUT2D eigenvalue weighted by Gasteiger charge is -2.27. The Balaban J connectivity index is 1.44. The Hall–Kier alpha value is -0.610. The normalized spacial score (nSPS) is 30.4. The van der Waals surface area contributed by atoms with Gasteiger partial charge < -0.3 is 15.0 Å². The molecular formula is C16H28N2O2. The molecule has 0 aromatic carbocycles. The SMILES string of the molecule is O=C(CCC1CCCOC1)N(CC1CCCN1)C1CC1. The number of hydrogen-bond donors (Lipinski definition) is 1. The van der Waals surface area contributed by atoms with Crippen LogP contribution in [-0.4, -0.2) is 49.2 Å². The van der Waals surface area contributed by atoms with E-state index in [9.17, 15) is 4.79 Å². The third-order valence-corrected chi connectivity index (χ3v) is 4.91. The van der Waals surface area contributed by atoms with Gasteiger partial charge in [0.1, 0.15) is 0 Å². The van der Waals surface area contributed by atoms with E-state index >= 15 is 0 Å². The van der Waals surface area contributed by atoms with E-state index in [0.29, 0.717) is 23.9 Å². The molecule has 0 aromatic heterocycles. The molecule has 0 radical (unpaired) electrons.